The van der Waals surface area contributed by atoms with Crippen LogP contribution < -0.4 is 9.47 Å². The minimum absolute atomic E-state index is 0.431. The summed E-state index contributed by atoms with van der Waals surface area (Å²) < 4.78 is 10.7. The van der Waals surface area contributed by atoms with Crippen LogP contribution in [0.4, 0.5) is 0 Å². The predicted octanol–water partition coefficient (Wildman–Crippen LogP) is 4.98. The first-order valence-electron chi connectivity index (χ1n) is 8.01. The Hall–Kier alpha value is -1.96. The molecule has 116 valence electrons. The summed E-state index contributed by atoms with van der Waals surface area (Å²) in [6.45, 7) is 4.65. The van der Waals surface area contributed by atoms with Gasteiger partial charge in [0, 0.05) is 5.92 Å². The summed E-state index contributed by atoms with van der Waals surface area (Å²) in [4.78, 5) is 0. The minimum atomic E-state index is 0.431. The lowest BCUT2D eigenvalue weighted by Crippen LogP contribution is -2.09. The van der Waals surface area contributed by atoms with Gasteiger partial charge in [-0.05, 0) is 59.2 Å². The number of rotatable bonds is 4. The lowest BCUT2D eigenvalue weighted by atomic mass is 9.83. The summed E-state index contributed by atoms with van der Waals surface area (Å²) in [5.41, 5.74) is 4.26. The van der Waals surface area contributed by atoms with Crippen molar-refractivity contribution < 1.29 is 9.47 Å². The number of benzene rings is 2. The van der Waals surface area contributed by atoms with Crippen molar-refractivity contribution in [2.75, 3.05) is 14.2 Å². The van der Waals surface area contributed by atoms with Crippen LogP contribution in [-0.2, 0) is 0 Å². The van der Waals surface area contributed by atoms with E-state index in [1.807, 2.05) is 0 Å². The molecule has 0 fully saturated rings. The van der Waals surface area contributed by atoms with Crippen molar-refractivity contribution in [2.24, 2.45) is 5.92 Å². The third-order valence-corrected chi connectivity index (χ3v) is 5.10. The molecule has 0 aliphatic heterocycles. The molecule has 1 aliphatic rings. The van der Waals surface area contributed by atoms with E-state index >= 15 is 0 Å². The molecule has 3 unspecified atom stereocenters. The van der Waals surface area contributed by atoms with Crippen LogP contribution in [-0.4, -0.2) is 14.2 Å². The maximum Gasteiger partial charge on any atom is 0.119 e. The predicted molar refractivity (Wildman–Crippen MR) is 90.0 cm³/mol. The summed E-state index contributed by atoms with van der Waals surface area (Å²) in [5.74, 6) is 3.50. The maximum absolute atomic E-state index is 5.44. The number of hydrogen-bond acceptors (Lipinski definition) is 2. The second kappa shape index (κ2) is 6.04. The second-order valence-electron chi connectivity index (χ2n) is 6.12. The summed E-state index contributed by atoms with van der Waals surface area (Å²) >= 11 is 0. The van der Waals surface area contributed by atoms with E-state index in [4.69, 9.17) is 9.47 Å². The Bertz CT molecular complexity index is 645. The average molecular weight is 296 g/mol. The highest BCUT2D eigenvalue weighted by atomic mass is 16.5. The van der Waals surface area contributed by atoms with Crippen LogP contribution in [0.1, 0.15) is 48.8 Å². The standard InChI is InChI=1S/C20H24O2/c1-5-17-13(2)20(14-6-8-15(21-3)9-7-14)19-12-16(22-4)10-11-18(17)19/h6-13,17,20H,5H2,1-4H3. The molecule has 0 N–H and O–H groups in total. The zero-order valence-electron chi connectivity index (χ0n) is 13.8. The smallest absolute Gasteiger partial charge is 0.119 e. The zero-order valence-corrected chi connectivity index (χ0v) is 13.8. The van der Waals surface area contributed by atoms with Gasteiger partial charge >= 0.3 is 0 Å². The largest absolute Gasteiger partial charge is 0.497 e. The van der Waals surface area contributed by atoms with E-state index in [1.54, 1.807) is 14.2 Å². The fourth-order valence-electron chi connectivity index (χ4n) is 3.97. The van der Waals surface area contributed by atoms with E-state index in [0.29, 0.717) is 17.8 Å². The molecule has 3 rings (SSSR count). The highest BCUT2D eigenvalue weighted by Gasteiger charge is 2.37. The van der Waals surface area contributed by atoms with Crippen molar-refractivity contribution in [3.05, 3.63) is 59.2 Å². The normalized spacial score (nSPS) is 23.2. The van der Waals surface area contributed by atoms with Gasteiger partial charge in [-0.25, -0.2) is 0 Å². The topological polar surface area (TPSA) is 18.5 Å². The van der Waals surface area contributed by atoms with Crippen molar-refractivity contribution in [1.29, 1.82) is 0 Å². The number of methoxy groups -OCH3 is 2. The van der Waals surface area contributed by atoms with Crippen LogP contribution in [0.5, 0.6) is 11.5 Å². The summed E-state index contributed by atoms with van der Waals surface area (Å²) in [5, 5.41) is 0. The molecule has 3 atom stereocenters. The van der Waals surface area contributed by atoms with Crippen molar-refractivity contribution in [1.82, 2.24) is 0 Å². The molecular weight excluding hydrogens is 272 g/mol. The maximum atomic E-state index is 5.44. The molecule has 1 aliphatic carbocycles. The van der Waals surface area contributed by atoms with Crippen LogP contribution >= 0.6 is 0 Å². The molecule has 0 amide bonds. The quantitative estimate of drug-likeness (QED) is 0.792. The molecule has 0 saturated heterocycles. The molecular formula is C20H24O2. The average Bonchev–Trinajstić information content (AvgIpc) is 2.85. The lowest BCUT2D eigenvalue weighted by molar-refractivity contribution is 0.412. The Morgan fingerprint density at radius 1 is 0.864 bits per heavy atom. The Morgan fingerprint density at radius 3 is 2.09 bits per heavy atom. The summed E-state index contributed by atoms with van der Waals surface area (Å²) in [6, 6.07) is 15.1. The lowest BCUT2D eigenvalue weighted by Gasteiger charge is -2.21. The molecule has 22 heavy (non-hydrogen) atoms. The molecule has 0 spiro atoms. The van der Waals surface area contributed by atoms with Crippen LogP contribution in [0.25, 0.3) is 0 Å². The second-order valence-corrected chi connectivity index (χ2v) is 6.12. The Morgan fingerprint density at radius 2 is 1.50 bits per heavy atom. The summed E-state index contributed by atoms with van der Waals surface area (Å²) in [6.07, 6.45) is 1.17. The van der Waals surface area contributed by atoms with E-state index in [1.165, 1.54) is 23.1 Å². The Balaban J connectivity index is 2.07. The molecule has 0 bridgehead atoms. The van der Waals surface area contributed by atoms with Crippen molar-refractivity contribution in [2.45, 2.75) is 32.1 Å². The fourth-order valence-corrected chi connectivity index (χ4v) is 3.97. The van der Waals surface area contributed by atoms with Gasteiger partial charge in [0.05, 0.1) is 14.2 Å². The van der Waals surface area contributed by atoms with Gasteiger partial charge in [0.2, 0.25) is 0 Å². The molecule has 0 aromatic heterocycles. The van der Waals surface area contributed by atoms with Crippen LogP contribution in [0.2, 0.25) is 0 Å². The van der Waals surface area contributed by atoms with Crippen LogP contribution in [0.15, 0.2) is 42.5 Å². The highest BCUT2D eigenvalue weighted by Crippen LogP contribution is 2.51. The SMILES string of the molecule is CCC1c2ccc(OC)cc2C(c2ccc(OC)cc2)C1C. The fraction of sp³-hybridized carbons (Fsp3) is 0.400. The van der Waals surface area contributed by atoms with E-state index in [2.05, 4.69) is 56.3 Å². The Kier molecular flexibility index (Phi) is 4.10. The zero-order chi connectivity index (χ0) is 15.7. The number of hydrogen-bond donors (Lipinski definition) is 0. The third-order valence-electron chi connectivity index (χ3n) is 5.10. The molecule has 2 aromatic rings. The van der Waals surface area contributed by atoms with Crippen LogP contribution in [0.3, 0.4) is 0 Å². The highest BCUT2D eigenvalue weighted by molar-refractivity contribution is 5.50. The van der Waals surface area contributed by atoms with E-state index in [9.17, 15) is 0 Å². The molecule has 0 saturated carbocycles. The first-order chi connectivity index (χ1) is 10.7. The van der Waals surface area contributed by atoms with E-state index < -0.39 is 0 Å². The molecule has 0 heterocycles. The first-order valence-corrected chi connectivity index (χ1v) is 8.01. The van der Waals surface area contributed by atoms with E-state index in [0.717, 1.165) is 11.5 Å². The van der Waals surface area contributed by atoms with Gasteiger partial charge in [0.1, 0.15) is 11.5 Å². The first kappa shape index (κ1) is 15.0. The van der Waals surface area contributed by atoms with Crippen molar-refractivity contribution in [3.8, 4) is 11.5 Å². The third kappa shape index (κ3) is 2.37. The monoisotopic (exact) mass is 296 g/mol. The van der Waals surface area contributed by atoms with Gasteiger partial charge in [-0.1, -0.05) is 32.0 Å². The van der Waals surface area contributed by atoms with Gasteiger partial charge < -0.3 is 9.47 Å². The van der Waals surface area contributed by atoms with Gasteiger partial charge in [0.25, 0.3) is 0 Å². The molecule has 2 aromatic carbocycles. The van der Waals surface area contributed by atoms with Crippen molar-refractivity contribution in [3.63, 3.8) is 0 Å². The van der Waals surface area contributed by atoms with Gasteiger partial charge in [0.15, 0.2) is 0 Å². The van der Waals surface area contributed by atoms with E-state index in [-0.39, 0.29) is 0 Å². The molecule has 2 nitrogen and oxygen atoms in total. The van der Waals surface area contributed by atoms with Crippen molar-refractivity contribution >= 4 is 0 Å². The molecule has 0 radical (unpaired) electrons. The van der Waals surface area contributed by atoms with Gasteiger partial charge in [-0.15, -0.1) is 0 Å². The number of fused-ring (bicyclic) bond motifs is 1. The Labute approximate surface area is 133 Å². The van der Waals surface area contributed by atoms with Crippen LogP contribution in [0, 0.1) is 5.92 Å². The molecule has 2 heteroatoms. The minimum Gasteiger partial charge on any atom is -0.497 e. The number of ether oxygens (including phenoxy) is 2. The summed E-state index contributed by atoms with van der Waals surface area (Å²) in [7, 11) is 3.44. The van der Waals surface area contributed by atoms with Gasteiger partial charge in [-0.2, -0.15) is 0 Å². The van der Waals surface area contributed by atoms with Gasteiger partial charge in [-0.3, -0.25) is 0 Å².